The van der Waals surface area contributed by atoms with Crippen LogP contribution in [0.3, 0.4) is 0 Å². The predicted octanol–water partition coefficient (Wildman–Crippen LogP) is 3.72. The molecule has 4 rings (SSSR count). The predicted molar refractivity (Wildman–Crippen MR) is 121 cm³/mol. The van der Waals surface area contributed by atoms with Crippen LogP contribution in [0.25, 0.3) is 11.1 Å². The molecule has 0 radical (unpaired) electrons. The van der Waals surface area contributed by atoms with E-state index in [9.17, 15) is 9.90 Å². The Labute approximate surface area is 183 Å². The molecule has 1 aliphatic rings. The number of aryl methyl sites for hydroxylation is 3. The summed E-state index contributed by atoms with van der Waals surface area (Å²) in [7, 11) is 1.93. The van der Waals surface area contributed by atoms with Gasteiger partial charge in [-0.1, -0.05) is 37.1 Å². The molecule has 162 valence electrons. The summed E-state index contributed by atoms with van der Waals surface area (Å²) in [4.78, 5) is 17.1. The van der Waals surface area contributed by atoms with Crippen LogP contribution in [0.4, 0.5) is 0 Å². The van der Waals surface area contributed by atoms with Crippen molar-refractivity contribution in [3.05, 3.63) is 70.8 Å². The number of aliphatic hydroxyl groups is 1. The summed E-state index contributed by atoms with van der Waals surface area (Å²) < 4.78 is 1.83. The van der Waals surface area contributed by atoms with E-state index < -0.39 is 6.10 Å². The summed E-state index contributed by atoms with van der Waals surface area (Å²) >= 11 is 0. The highest BCUT2D eigenvalue weighted by Gasteiger charge is 2.25. The molecule has 6 nitrogen and oxygen atoms in total. The van der Waals surface area contributed by atoms with E-state index in [1.54, 1.807) is 6.20 Å². The maximum atomic E-state index is 12.7. The van der Waals surface area contributed by atoms with Crippen LogP contribution in [0.2, 0.25) is 0 Å². The van der Waals surface area contributed by atoms with Crippen LogP contribution in [0.5, 0.6) is 0 Å². The van der Waals surface area contributed by atoms with Crippen LogP contribution in [0.15, 0.2) is 42.7 Å². The van der Waals surface area contributed by atoms with E-state index in [2.05, 4.69) is 39.7 Å². The molecule has 31 heavy (non-hydrogen) atoms. The molecule has 2 aromatic heterocycles. The van der Waals surface area contributed by atoms with E-state index in [-0.39, 0.29) is 11.9 Å². The van der Waals surface area contributed by atoms with Crippen LogP contribution >= 0.6 is 0 Å². The van der Waals surface area contributed by atoms with Crippen LogP contribution in [0, 0.1) is 13.8 Å². The lowest BCUT2D eigenvalue weighted by Crippen LogP contribution is -2.45. The zero-order chi connectivity index (χ0) is 22.0. The van der Waals surface area contributed by atoms with Gasteiger partial charge < -0.3 is 10.4 Å². The summed E-state index contributed by atoms with van der Waals surface area (Å²) in [5.74, 6) is -0.213. The first-order valence-corrected chi connectivity index (χ1v) is 10.9. The van der Waals surface area contributed by atoms with E-state index in [1.807, 2.05) is 37.8 Å². The van der Waals surface area contributed by atoms with E-state index in [4.69, 9.17) is 0 Å². The third kappa shape index (κ3) is 4.85. The van der Waals surface area contributed by atoms with E-state index in [0.717, 1.165) is 60.1 Å². The molecule has 2 heterocycles. The summed E-state index contributed by atoms with van der Waals surface area (Å²) in [6.07, 6.45) is 7.65. The van der Waals surface area contributed by atoms with Gasteiger partial charge >= 0.3 is 0 Å². The number of amides is 1. The Morgan fingerprint density at radius 1 is 1.19 bits per heavy atom. The molecule has 1 aromatic carbocycles. The van der Waals surface area contributed by atoms with Gasteiger partial charge in [-0.3, -0.25) is 14.5 Å². The standard InChI is InChI=1S/C25H30N4O2/c1-16-14-26-23(25(31)27-22-6-4-5-7-24(22)30)13-20(16)12-18-8-10-19(11-9-18)21-15-29(3)28-17(21)2/h8-11,13-15,22,24,30H,4-7,12H2,1-3H3,(H,27,31)/t22-,24-/m0/s1. The first kappa shape index (κ1) is 21.2. The molecule has 6 heteroatoms. The Morgan fingerprint density at radius 3 is 2.61 bits per heavy atom. The van der Waals surface area contributed by atoms with Gasteiger partial charge in [-0.25, -0.2) is 0 Å². The van der Waals surface area contributed by atoms with Crippen molar-refractivity contribution in [2.24, 2.45) is 7.05 Å². The lowest BCUT2D eigenvalue weighted by Gasteiger charge is -2.28. The average Bonchev–Trinajstić information content (AvgIpc) is 3.09. The lowest BCUT2D eigenvalue weighted by atomic mass is 9.92. The Balaban J connectivity index is 1.48. The van der Waals surface area contributed by atoms with E-state index in [1.165, 1.54) is 5.56 Å². The molecule has 0 unspecified atom stereocenters. The molecule has 1 saturated carbocycles. The second kappa shape index (κ2) is 9.02. The Kier molecular flexibility index (Phi) is 6.18. The van der Waals surface area contributed by atoms with E-state index >= 15 is 0 Å². The summed E-state index contributed by atoms with van der Waals surface area (Å²) in [5, 5.41) is 17.5. The van der Waals surface area contributed by atoms with Crippen molar-refractivity contribution < 1.29 is 9.90 Å². The highest BCUT2D eigenvalue weighted by atomic mass is 16.3. The molecule has 0 saturated heterocycles. The maximum absolute atomic E-state index is 12.7. The van der Waals surface area contributed by atoms with Crippen molar-refractivity contribution in [2.75, 3.05) is 0 Å². The zero-order valence-electron chi connectivity index (χ0n) is 18.4. The summed E-state index contributed by atoms with van der Waals surface area (Å²) in [6, 6.07) is 10.2. The van der Waals surface area contributed by atoms with Crippen LogP contribution < -0.4 is 5.32 Å². The molecular formula is C25H30N4O2. The van der Waals surface area contributed by atoms with Crippen molar-refractivity contribution in [1.82, 2.24) is 20.1 Å². The van der Waals surface area contributed by atoms with Crippen molar-refractivity contribution in [3.63, 3.8) is 0 Å². The van der Waals surface area contributed by atoms with Gasteiger partial charge in [0.15, 0.2) is 0 Å². The minimum Gasteiger partial charge on any atom is -0.391 e. The number of rotatable bonds is 5. The van der Waals surface area contributed by atoms with Gasteiger partial charge in [0, 0.05) is 25.0 Å². The van der Waals surface area contributed by atoms with Gasteiger partial charge in [0.2, 0.25) is 0 Å². The second-order valence-corrected chi connectivity index (χ2v) is 8.60. The minimum atomic E-state index is -0.468. The van der Waals surface area contributed by atoms with Gasteiger partial charge in [0.1, 0.15) is 5.69 Å². The molecule has 1 fully saturated rings. The number of hydrogen-bond donors (Lipinski definition) is 2. The largest absolute Gasteiger partial charge is 0.391 e. The number of nitrogens with one attached hydrogen (secondary N) is 1. The SMILES string of the molecule is Cc1cnc(C(=O)N[C@H]2CCCC[C@@H]2O)cc1Cc1ccc(-c2cn(C)nc2C)cc1. The maximum Gasteiger partial charge on any atom is 0.270 e. The summed E-state index contributed by atoms with van der Waals surface area (Å²) in [6.45, 7) is 4.03. The van der Waals surface area contributed by atoms with Gasteiger partial charge in [-0.15, -0.1) is 0 Å². The van der Waals surface area contributed by atoms with Gasteiger partial charge in [0.25, 0.3) is 5.91 Å². The molecule has 1 aliphatic carbocycles. The summed E-state index contributed by atoms with van der Waals surface area (Å²) in [5.41, 5.74) is 7.01. The topological polar surface area (TPSA) is 80.0 Å². The molecule has 0 bridgehead atoms. The molecule has 1 amide bonds. The fourth-order valence-electron chi connectivity index (χ4n) is 4.31. The molecule has 0 aliphatic heterocycles. The molecular weight excluding hydrogens is 388 g/mol. The first-order chi connectivity index (χ1) is 14.9. The minimum absolute atomic E-state index is 0.184. The Hall–Kier alpha value is -2.99. The zero-order valence-corrected chi connectivity index (χ0v) is 18.4. The highest BCUT2D eigenvalue weighted by molar-refractivity contribution is 5.92. The Bertz CT molecular complexity index is 1070. The first-order valence-electron chi connectivity index (χ1n) is 10.9. The normalized spacial score (nSPS) is 18.7. The van der Waals surface area contributed by atoms with Crippen LogP contribution in [-0.4, -0.2) is 37.9 Å². The van der Waals surface area contributed by atoms with Gasteiger partial charge in [0.05, 0.1) is 17.8 Å². The van der Waals surface area contributed by atoms with Crippen molar-refractivity contribution in [2.45, 2.75) is 58.1 Å². The van der Waals surface area contributed by atoms with Gasteiger partial charge in [-0.2, -0.15) is 5.10 Å². The molecule has 2 atom stereocenters. The third-order valence-electron chi connectivity index (χ3n) is 6.17. The van der Waals surface area contributed by atoms with Crippen molar-refractivity contribution in [3.8, 4) is 11.1 Å². The number of aromatic nitrogens is 3. The van der Waals surface area contributed by atoms with E-state index in [0.29, 0.717) is 5.69 Å². The highest BCUT2D eigenvalue weighted by Crippen LogP contribution is 2.24. The number of nitrogens with zero attached hydrogens (tertiary/aromatic N) is 3. The second-order valence-electron chi connectivity index (χ2n) is 8.60. The number of carbonyl (C=O) groups is 1. The van der Waals surface area contributed by atoms with Crippen molar-refractivity contribution >= 4 is 5.91 Å². The van der Waals surface area contributed by atoms with Crippen LogP contribution in [-0.2, 0) is 13.5 Å². The number of pyridine rings is 1. The molecule has 3 aromatic rings. The smallest absolute Gasteiger partial charge is 0.270 e. The fourth-order valence-corrected chi connectivity index (χ4v) is 4.31. The monoisotopic (exact) mass is 418 g/mol. The third-order valence-corrected chi connectivity index (χ3v) is 6.17. The number of aliphatic hydroxyl groups excluding tert-OH is 1. The van der Waals surface area contributed by atoms with Crippen molar-refractivity contribution in [1.29, 1.82) is 0 Å². The Morgan fingerprint density at radius 2 is 1.94 bits per heavy atom. The average molecular weight is 419 g/mol. The molecule has 2 N–H and O–H groups in total. The number of benzene rings is 1. The van der Waals surface area contributed by atoms with Gasteiger partial charge in [-0.05, 0) is 61.4 Å². The quantitative estimate of drug-likeness (QED) is 0.662. The van der Waals surface area contributed by atoms with Crippen LogP contribution in [0.1, 0.15) is 58.6 Å². The number of carbonyl (C=O) groups excluding carboxylic acids is 1. The lowest BCUT2D eigenvalue weighted by molar-refractivity contribution is 0.0713. The number of hydrogen-bond acceptors (Lipinski definition) is 4. The molecule has 0 spiro atoms. The fraction of sp³-hybridized carbons (Fsp3) is 0.400.